The summed E-state index contributed by atoms with van der Waals surface area (Å²) >= 11 is 0. The molecule has 6 aromatic carbocycles. The monoisotopic (exact) mass is 551 g/mol. The Morgan fingerprint density at radius 1 is 0.302 bits per heavy atom. The van der Waals surface area contributed by atoms with E-state index in [9.17, 15) is 0 Å². The highest BCUT2D eigenvalue weighted by Gasteiger charge is 2.15. The van der Waals surface area contributed by atoms with E-state index < -0.39 is 0 Å². The summed E-state index contributed by atoms with van der Waals surface area (Å²) in [7, 11) is 0. The first kappa shape index (κ1) is 24.9. The van der Waals surface area contributed by atoms with Crippen molar-refractivity contribution in [2.24, 2.45) is 0 Å². The Kier molecular flexibility index (Phi) is 6.08. The highest BCUT2D eigenvalue weighted by molar-refractivity contribution is 6.06. The lowest BCUT2D eigenvalue weighted by atomic mass is 9.99. The molecule has 0 amide bonds. The fourth-order valence-corrected chi connectivity index (χ4v) is 5.52. The van der Waals surface area contributed by atoms with Gasteiger partial charge in [-0.05, 0) is 46.5 Å². The van der Waals surface area contributed by atoms with Crippen LogP contribution in [0.3, 0.4) is 0 Å². The summed E-state index contributed by atoms with van der Waals surface area (Å²) < 4.78 is 6.43. The van der Waals surface area contributed by atoms with Gasteiger partial charge in [0.25, 0.3) is 0 Å². The summed E-state index contributed by atoms with van der Waals surface area (Å²) in [6.45, 7) is 0. The number of rotatable bonds is 5. The summed E-state index contributed by atoms with van der Waals surface area (Å²) in [5, 5.41) is 2.14. The third kappa shape index (κ3) is 4.75. The first-order valence-corrected chi connectivity index (χ1v) is 14.3. The number of furan rings is 1. The molecule has 0 aliphatic rings. The van der Waals surface area contributed by atoms with Crippen molar-refractivity contribution < 1.29 is 4.42 Å². The fourth-order valence-electron chi connectivity index (χ4n) is 5.52. The molecule has 0 aliphatic heterocycles. The molecule has 4 heteroatoms. The van der Waals surface area contributed by atoms with Crippen molar-refractivity contribution >= 4 is 21.9 Å². The van der Waals surface area contributed by atoms with Crippen LogP contribution in [0, 0.1) is 0 Å². The third-order valence-corrected chi connectivity index (χ3v) is 7.76. The van der Waals surface area contributed by atoms with Gasteiger partial charge in [0, 0.05) is 27.5 Å². The van der Waals surface area contributed by atoms with Gasteiger partial charge in [-0.1, -0.05) is 127 Å². The van der Waals surface area contributed by atoms with Gasteiger partial charge in [0.15, 0.2) is 17.5 Å². The first-order chi connectivity index (χ1) is 21.3. The zero-order chi connectivity index (χ0) is 28.6. The van der Waals surface area contributed by atoms with Crippen LogP contribution in [0.2, 0.25) is 0 Å². The lowest BCUT2D eigenvalue weighted by Gasteiger charge is -2.08. The van der Waals surface area contributed by atoms with Gasteiger partial charge < -0.3 is 4.42 Å². The van der Waals surface area contributed by atoms with Crippen LogP contribution in [-0.2, 0) is 0 Å². The Labute approximate surface area is 249 Å². The summed E-state index contributed by atoms with van der Waals surface area (Å²) in [4.78, 5) is 14.6. The Bertz CT molecular complexity index is 2150. The highest BCUT2D eigenvalue weighted by atomic mass is 16.3. The van der Waals surface area contributed by atoms with E-state index in [0.717, 1.165) is 49.8 Å². The predicted molar refractivity (Wildman–Crippen MR) is 174 cm³/mol. The number of hydrogen-bond acceptors (Lipinski definition) is 4. The topological polar surface area (TPSA) is 51.8 Å². The number of hydrogen-bond donors (Lipinski definition) is 0. The van der Waals surface area contributed by atoms with E-state index in [4.69, 9.17) is 19.4 Å². The summed E-state index contributed by atoms with van der Waals surface area (Å²) in [5.74, 6) is 1.88. The molecule has 0 bridgehead atoms. The Morgan fingerprint density at radius 2 is 0.651 bits per heavy atom. The molecule has 0 spiro atoms. The van der Waals surface area contributed by atoms with Crippen LogP contribution in [0.5, 0.6) is 0 Å². The van der Waals surface area contributed by atoms with Crippen LogP contribution in [0.25, 0.3) is 78.4 Å². The van der Waals surface area contributed by atoms with Gasteiger partial charge in [0.05, 0.1) is 0 Å². The molecule has 0 aliphatic carbocycles. The van der Waals surface area contributed by atoms with Crippen LogP contribution < -0.4 is 0 Å². The number of fused-ring (bicyclic) bond motifs is 3. The second-order valence-electron chi connectivity index (χ2n) is 10.5. The average molecular weight is 552 g/mol. The molecule has 0 radical (unpaired) electrons. The quantitative estimate of drug-likeness (QED) is 0.214. The Balaban J connectivity index is 1.19. The van der Waals surface area contributed by atoms with Gasteiger partial charge in [-0.25, -0.2) is 15.0 Å². The molecular weight excluding hydrogens is 526 g/mol. The van der Waals surface area contributed by atoms with Crippen LogP contribution >= 0.6 is 0 Å². The minimum atomic E-state index is 0.606. The summed E-state index contributed by atoms with van der Waals surface area (Å²) in [6.07, 6.45) is 0. The standard InChI is InChI=1S/C39H25N3O/c1-4-10-26(11-5-1)27-16-18-28(19-17-27)31-20-22-33-34-23-21-32(25-36(34)43-35(33)24-31)39-41-37(29-12-6-2-7-13-29)40-38(42-39)30-14-8-3-9-15-30/h1-25H. The molecule has 2 heterocycles. The van der Waals surface area contributed by atoms with E-state index in [2.05, 4.69) is 78.9 Å². The lowest BCUT2D eigenvalue weighted by molar-refractivity contribution is 0.669. The van der Waals surface area contributed by atoms with Crippen molar-refractivity contribution in [3.8, 4) is 56.4 Å². The Hall–Kier alpha value is -5.87. The zero-order valence-electron chi connectivity index (χ0n) is 23.2. The minimum absolute atomic E-state index is 0.606. The second kappa shape index (κ2) is 10.5. The van der Waals surface area contributed by atoms with Gasteiger partial charge in [-0.15, -0.1) is 0 Å². The molecule has 202 valence electrons. The molecule has 8 aromatic rings. The molecule has 0 saturated heterocycles. The zero-order valence-corrected chi connectivity index (χ0v) is 23.2. The molecule has 43 heavy (non-hydrogen) atoms. The maximum absolute atomic E-state index is 6.43. The van der Waals surface area contributed by atoms with Crippen LogP contribution in [0.1, 0.15) is 0 Å². The van der Waals surface area contributed by atoms with Gasteiger partial charge in [-0.2, -0.15) is 0 Å². The Morgan fingerprint density at radius 3 is 1.16 bits per heavy atom. The smallest absolute Gasteiger partial charge is 0.164 e. The maximum Gasteiger partial charge on any atom is 0.164 e. The van der Waals surface area contributed by atoms with Gasteiger partial charge in [0.2, 0.25) is 0 Å². The molecule has 8 rings (SSSR count). The van der Waals surface area contributed by atoms with Crippen LogP contribution in [-0.4, -0.2) is 15.0 Å². The van der Waals surface area contributed by atoms with Crippen LogP contribution in [0.15, 0.2) is 156 Å². The second-order valence-corrected chi connectivity index (χ2v) is 10.5. The van der Waals surface area contributed by atoms with Gasteiger partial charge >= 0.3 is 0 Å². The normalized spacial score (nSPS) is 11.3. The molecule has 0 saturated carbocycles. The molecule has 0 fully saturated rings. The van der Waals surface area contributed by atoms with E-state index in [0.29, 0.717) is 17.5 Å². The maximum atomic E-state index is 6.43. The van der Waals surface area contributed by atoms with Crippen molar-refractivity contribution in [1.29, 1.82) is 0 Å². The first-order valence-electron chi connectivity index (χ1n) is 14.3. The molecule has 2 aromatic heterocycles. The summed E-state index contributed by atoms with van der Waals surface area (Å²) in [6, 6.07) is 51.7. The van der Waals surface area contributed by atoms with Crippen LogP contribution in [0.4, 0.5) is 0 Å². The van der Waals surface area contributed by atoms with Crippen molar-refractivity contribution in [3.05, 3.63) is 152 Å². The van der Waals surface area contributed by atoms with Crippen molar-refractivity contribution in [2.45, 2.75) is 0 Å². The lowest BCUT2D eigenvalue weighted by Crippen LogP contribution is -2.00. The van der Waals surface area contributed by atoms with E-state index in [-0.39, 0.29) is 0 Å². The van der Waals surface area contributed by atoms with Crippen molar-refractivity contribution in [1.82, 2.24) is 15.0 Å². The third-order valence-electron chi connectivity index (χ3n) is 7.76. The fraction of sp³-hybridized carbons (Fsp3) is 0. The summed E-state index contributed by atoms with van der Waals surface area (Å²) in [5.41, 5.74) is 9.08. The van der Waals surface area contributed by atoms with E-state index in [1.807, 2.05) is 72.8 Å². The van der Waals surface area contributed by atoms with Gasteiger partial charge in [-0.3, -0.25) is 0 Å². The van der Waals surface area contributed by atoms with Crippen molar-refractivity contribution in [3.63, 3.8) is 0 Å². The SMILES string of the molecule is c1ccc(-c2ccc(-c3ccc4c(c3)oc3cc(-c5nc(-c6ccccc6)nc(-c6ccccc6)n5)ccc34)cc2)cc1. The highest BCUT2D eigenvalue weighted by Crippen LogP contribution is 2.35. The molecule has 0 atom stereocenters. The molecule has 4 nitrogen and oxygen atoms in total. The average Bonchev–Trinajstić information content (AvgIpc) is 3.46. The number of aromatic nitrogens is 3. The molecule has 0 N–H and O–H groups in total. The molecular formula is C39H25N3O. The predicted octanol–water partition coefficient (Wildman–Crippen LogP) is 10.1. The van der Waals surface area contributed by atoms with E-state index in [1.165, 1.54) is 11.1 Å². The van der Waals surface area contributed by atoms with E-state index in [1.54, 1.807) is 0 Å². The number of nitrogens with zero attached hydrogens (tertiary/aromatic N) is 3. The van der Waals surface area contributed by atoms with Gasteiger partial charge in [0.1, 0.15) is 11.2 Å². The van der Waals surface area contributed by atoms with Crippen molar-refractivity contribution in [2.75, 3.05) is 0 Å². The number of benzene rings is 6. The largest absolute Gasteiger partial charge is 0.456 e. The molecule has 0 unspecified atom stereocenters. The van der Waals surface area contributed by atoms with E-state index >= 15 is 0 Å². The minimum Gasteiger partial charge on any atom is -0.456 e.